The summed E-state index contributed by atoms with van der Waals surface area (Å²) in [4.78, 5) is 26.1. The third kappa shape index (κ3) is 2.74. The van der Waals surface area contributed by atoms with Crippen LogP contribution in [0.2, 0.25) is 0 Å². The van der Waals surface area contributed by atoms with Gasteiger partial charge in [0.05, 0.1) is 16.8 Å². The van der Waals surface area contributed by atoms with Crippen molar-refractivity contribution in [2.24, 2.45) is 0 Å². The van der Waals surface area contributed by atoms with E-state index in [2.05, 4.69) is 5.32 Å². The molecule has 1 aromatic heterocycles. The molecule has 0 unspecified atom stereocenters. The minimum atomic E-state index is -0.417. The highest BCUT2D eigenvalue weighted by Crippen LogP contribution is 2.25. The molecule has 0 saturated carbocycles. The quantitative estimate of drug-likeness (QED) is 0.877. The highest BCUT2D eigenvalue weighted by molar-refractivity contribution is 5.97. The molecule has 0 radical (unpaired) electrons. The van der Waals surface area contributed by atoms with Crippen LogP contribution in [0.5, 0.6) is 0 Å². The van der Waals surface area contributed by atoms with Crippen LogP contribution in [0.15, 0.2) is 23.1 Å². The first kappa shape index (κ1) is 15.7. The van der Waals surface area contributed by atoms with Crippen LogP contribution in [0.1, 0.15) is 24.2 Å². The molecule has 1 fully saturated rings. The topological polar surface area (TPSA) is 54.3 Å². The summed E-state index contributed by atoms with van der Waals surface area (Å²) in [6, 6.07) is 3.00. The van der Waals surface area contributed by atoms with Crippen molar-refractivity contribution in [2.75, 3.05) is 31.1 Å². The van der Waals surface area contributed by atoms with Gasteiger partial charge in [-0.2, -0.15) is 0 Å². The number of carbonyl (C=O) groups is 1. The van der Waals surface area contributed by atoms with Gasteiger partial charge < -0.3 is 14.8 Å². The number of hydrogen-bond donors (Lipinski definition) is 1. The zero-order valence-electron chi connectivity index (χ0n) is 13.4. The van der Waals surface area contributed by atoms with E-state index in [0.717, 1.165) is 26.2 Å². The number of ketones is 1. The smallest absolute Gasteiger partial charge is 0.200 e. The standard InChI is InChI=1S/C17H20FN3O2/c1-3-20-10-13(11(2)22)17(23)12-8-14(18)16(9-15(12)20)21-6-4-19-5-7-21/h8-10,19H,3-7H2,1-2H3. The van der Waals surface area contributed by atoms with E-state index < -0.39 is 11.2 Å². The van der Waals surface area contributed by atoms with Crippen molar-refractivity contribution < 1.29 is 9.18 Å². The van der Waals surface area contributed by atoms with Crippen LogP contribution in [0.25, 0.3) is 10.9 Å². The number of rotatable bonds is 3. The van der Waals surface area contributed by atoms with Gasteiger partial charge in [0, 0.05) is 44.3 Å². The Bertz CT molecular complexity index is 823. The maximum absolute atomic E-state index is 14.6. The minimum Gasteiger partial charge on any atom is -0.367 e. The molecule has 0 atom stereocenters. The van der Waals surface area contributed by atoms with Crippen LogP contribution in [-0.2, 0) is 6.54 Å². The first-order valence-corrected chi connectivity index (χ1v) is 7.86. The number of benzene rings is 1. The summed E-state index contributed by atoms with van der Waals surface area (Å²) in [5.41, 5.74) is 0.880. The predicted octanol–water partition coefficient (Wildman–Crippen LogP) is 1.77. The Labute approximate surface area is 133 Å². The highest BCUT2D eigenvalue weighted by Gasteiger charge is 2.19. The molecule has 5 nitrogen and oxygen atoms in total. The molecule has 0 amide bonds. The molecule has 0 spiro atoms. The normalized spacial score (nSPS) is 15.2. The summed E-state index contributed by atoms with van der Waals surface area (Å²) in [6.07, 6.45) is 1.58. The van der Waals surface area contributed by atoms with Crippen molar-refractivity contribution in [1.29, 1.82) is 0 Å². The number of piperazine rings is 1. The van der Waals surface area contributed by atoms with Crippen LogP contribution in [0, 0.1) is 5.82 Å². The van der Waals surface area contributed by atoms with Gasteiger partial charge in [0.15, 0.2) is 11.2 Å². The number of carbonyl (C=O) groups excluding carboxylic acids is 1. The van der Waals surface area contributed by atoms with E-state index in [9.17, 15) is 14.0 Å². The number of halogens is 1. The lowest BCUT2D eigenvalue weighted by molar-refractivity contribution is 0.101. The maximum atomic E-state index is 14.6. The van der Waals surface area contributed by atoms with Crippen LogP contribution >= 0.6 is 0 Å². The van der Waals surface area contributed by atoms with E-state index in [4.69, 9.17) is 0 Å². The van der Waals surface area contributed by atoms with Crippen molar-refractivity contribution in [3.05, 3.63) is 39.9 Å². The molecular formula is C17H20FN3O2. The van der Waals surface area contributed by atoms with Crippen molar-refractivity contribution in [2.45, 2.75) is 20.4 Å². The Hall–Kier alpha value is -2.21. The molecular weight excluding hydrogens is 297 g/mol. The SMILES string of the molecule is CCn1cc(C(C)=O)c(=O)c2cc(F)c(N3CCNCC3)cc21. The Balaban J connectivity index is 2.24. The first-order valence-electron chi connectivity index (χ1n) is 7.86. The number of hydrogen-bond acceptors (Lipinski definition) is 4. The average molecular weight is 317 g/mol. The van der Waals surface area contributed by atoms with E-state index in [1.54, 1.807) is 12.3 Å². The number of anilines is 1. The van der Waals surface area contributed by atoms with Gasteiger partial charge in [-0.1, -0.05) is 0 Å². The van der Waals surface area contributed by atoms with E-state index in [0.29, 0.717) is 17.7 Å². The largest absolute Gasteiger partial charge is 0.367 e. The first-order chi connectivity index (χ1) is 11.0. The fraction of sp³-hybridized carbons (Fsp3) is 0.412. The van der Waals surface area contributed by atoms with Crippen LogP contribution < -0.4 is 15.6 Å². The van der Waals surface area contributed by atoms with Gasteiger partial charge in [-0.3, -0.25) is 9.59 Å². The Morgan fingerprint density at radius 1 is 1.30 bits per heavy atom. The van der Waals surface area contributed by atoms with Crippen molar-refractivity contribution >= 4 is 22.4 Å². The second-order valence-electron chi connectivity index (χ2n) is 5.77. The van der Waals surface area contributed by atoms with E-state index in [1.165, 1.54) is 13.0 Å². The van der Waals surface area contributed by atoms with Crippen molar-refractivity contribution in [1.82, 2.24) is 9.88 Å². The van der Waals surface area contributed by atoms with Crippen molar-refractivity contribution in [3.8, 4) is 0 Å². The minimum absolute atomic E-state index is 0.105. The fourth-order valence-electron chi connectivity index (χ4n) is 3.06. The number of Topliss-reactive ketones (excluding diaryl/α,β-unsaturated/α-hetero) is 1. The third-order valence-electron chi connectivity index (χ3n) is 4.33. The second-order valence-corrected chi connectivity index (χ2v) is 5.77. The van der Waals surface area contributed by atoms with Crippen LogP contribution in [0.3, 0.4) is 0 Å². The lowest BCUT2D eigenvalue weighted by Crippen LogP contribution is -2.43. The molecule has 3 rings (SSSR count). The number of pyridine rings is 1. The lowest BCUT2D eigenvalue weighted by atomic mass is 10.1. The molecule has 23 heavy (non-hydrogen) atoms. The summed E-state index contributed by atoms with van der Waals surface area (Å²) in [5.74, 6) is -0.717. The molecule has 1 aliphatic heterocycles. The molecule has 1 saturated heterocycles. The van der Waals surface area contributed by atoms with Gasteiger partial charge in [0.2, 0.25) is 0 Å². The second kappa shape index (κ2) is 6.12. The molecule has 122 valence electrons. The van der Waals surface area contributed by atoms with E-state index in [1.807, 2.05) is 16.4 Å². The fourth-order valence-corrected chi connectivity index (χ4v) is 3.06. The Morgan fingerprint density at radius 2 is 2.00 bits per heavy atom. The Morgan fingerprint density at radius 3 is 2.61 bits per heavy atom. The predicted molar refractivity (Wildman–Crippen MR) is 88.9 cm³/mol. The highest BCUT2D eigenvalue weighted by atomic mass is 19.1. The zero-order valence-corrected chi connectivity index (χ0v) is 13.4. The molecule has 6 heteroatoms. The van der Waals surface area contributed by atoms with Gasteiger partial charge in [0.1, 0.15) is 5.82 Å². The van der Waals surface area contributed by atoms with Crippen LogP contribution in [-0.4, -0.2) is 36.5 Å². The monoisotopic (exact) mass is 317 g/mol. The van der Waals surface area contributed by atoms with Crippen LogP contribution in [0.4, 0.5) is 10.1 Å². The number of fused-ring (bicyclic) bond motifs is 1. The summed E-state index contributed by atoms with van der Waals surface area (Å²) in [5, 5.41) is 3.50. The molecule has 2 heterocycles. The average Bonchev–Trinajstić information content (AvgIpc) is 2.55. The molecule has 0 aliphatic carbocycles. The molecule has 2 aromatic rings. The van der Waals surface area contributed by atoms with Gasteiger partial charge in [-0.05, 0) is 26.0 Å². The molecule has 0 bridgehead atoms. The van der Waals surface area contributed by atoms with E-state index in [-0.39, 0.29) is 16.7 Å². The number of aryl methyl sites for hydroxylation is 1. The van der Waals surface area contributed by atoms with Gasteiger partial charge in [0.25, 0.3) is 0 Å². The van der Waals surface area contributed by atoms with E-state index >= 15 is 0 Å². The number of aromatic nitrogens is 1. The van der Waals surface area contributed by atoms with Gasteiger partial charge in [-0.25, -0.2) is 4.39 Å². The maximum Gasteiger partial charge on any atom is 0.200 e. The summed E-state index contributed by atoms with van der Waals surface area (Å²) < 4.78 is 16.4. The van der Waals surface area contributed by atoms with Crippen molar-refractivity contribution in [3.63, 3.8) is 0 Å². The van der Waals surface area contributed by atoms with Gasteiger partial charge >= 0.3 is 0 Å². The zero-order chi connectivity index (χ0) is 16.6. The summed E-state index contributed by atoms with van der Waals surface area (Å²) >= 11 is 0. The molecule has 1 N–H and O–H groups in total. The number of nitrogens with zero attached hydrogens (tertiary/aromatic N) is 2. The third-order valence-corrected chi connectivity index (χ3v) is 4.33. The molecule has 1 aliphatic rings. The summed E-state index contributed by atoms with van der Waals surface area (Å²) in [6.45, 7) is 6.96. The van der Waals surface area contributed by atoms with Gasteiger partial charge in [-0.15, -0.1) is 0 Å². The summed E-state index contributed by atoms with van der Waals surface area (Å²) in [7, 11) is 0. The number of nitrogens with one attached hydrogen (secondary N) is 1. The lowest BCUT2D eigenvalue weighted by Gasteiger charge is -2.30. The molecule has 1 aromatic carbocycles. The Kier molecular flexibility index (Phi) is 4.17.